The molecule has 0 saturated carbocycles. The summed E-state index contributed by atoms with van der Waals surface area (Å²) in [4.78, 5) is 0. The molecular weight excluding hydrogens is 136 g/mol. The molecule has 0 heterocycles. The summed E-state index contributed by atoms with van der Waals surface area (Å²) in [5, 5.41) is 6.72. The summed E-state index contributed by atoms with van der Waals surface area (Å²) in [5.41, 5.74) is 0. The second-order valence-corrected chi connectivity index (χ2v) is 3.54. The van der Waals surface area contributed by atoms with Crippen molar-refractivity contribution in [3.63, 3.8) is 0 Å². The Labute approximate surface area is 70.8 Å². The van der Waals surface area contributed by atoms with Gasteiger partial charge < -0.3 is 10.6 Å². The lowest BCUT2D eigenvalue weighted by molar-refractivity contribution is 0.465. The van der Waals surface area contributed by atoms with E-state index in [2.05, 4.69) is 38.3 Å². The van der Waals surface area contributed by atoms with Crippen LogP contribution in [-0.4, -0.2) is 19.3 Å². The van der Waals surface area contributed by atoms with Crippen LogP contribution >= 0.6 is 0 Å². The molecule has 0 aliphatic heterocycles. The van der Waals surface area contributed by atoms with E-state index in [4.69, 9.17) is 0 Å². The molecule has 0 amide bonds. The Morgan fingerprint density at radius 3 is 2.27 bits per heavy atom. The Morgan fingerprint density at radius 2 is 1.82 bits per heavy atom. The zero-order valence-electron chi connectivity index (χ0n) is 8.28. The van der Waals surface area contributed by atoms with E-state index in [-0.39, 0.29) is 0 Å². The van der Waals surface area contributed by atoms with E-state index in [9.17, 15) is 0 Å². The maximum atomic E-state index is 3.38. The zero-order valence-corrected chi connectivity index (χ0v) is 8.28. The predicted molar refractivity (Wildman–Crippen MR) is 50.6 cm³/mol. The van der Waals surface area contributed by atoms with Crippen molar-refractivity contribution in [3.05, 3.63) is 0 Å². The fraction of sp³-hybridized carbons (Fsp3) is 1.00. The summed E-state index contributed by atoms with van der Waals surface area (Å²) in [6.07, 6.45) is 1.20. The SMILES string of the molecule is CCC(C)NCNCC(C)C. The van der Waals surface area contributed by atoms with Gasteiger partial charge in [-0.3, -0.25) is 0 Å². The number of nitrogens with one attached hydrogen (secondary N) is 2. The Hall–Kier alpha value is -0.0800. The molecule has 1 unspecified atom stereocenters. The molecule has 0 bridgehead atoms. The average molecular weight is 158 g/mol. The second kappa shape index (κ2) is 6.62. The van der Waals surface area contributed by atoms with Gasteiger partial charge in [0.05, 0.1) is 0 Å². The highest BCUT2D eigenvalue weighted by atomic mass is 15.1. The van der Waals surface area contributed by atoms with E-state index in [1.54, 1.807) is 0 Å². The van der Waals surface area contributed by atoms with Crippen molar-refractivity contribution < 1.29 is 0 Å². The van der Waals surface area contributed by atoms with Crippen LogP contribution in [0.5, 0.6) is 0 Å². The predicted octanol–water partition coefficient (Wildman–Crippen LogP) is 1.58. The zero-order chi connectivity index (χ0) is 8.69. The molecule has 2 heteroatoms. The molecule has 0 fully saturated rings. The van der Waals surface area contributed by atoms with Crippen LogP contribution in [0.2, 0.25) is 0 Å². The van der Waals surface area contributed by atoms with Crippen molar-refractivity contribution >= 4 is 0 Å². The second-order valence-electron chi connectivity index (χ2n) is 3.54. The van der Waals surface area contributed by atoms with Gasteiger partial charge in [-0.2, -0.15) is 0 Å². The molecule has 0 aliphatic rings. The van der Waals surface area contributed by atoms with Crippen LogP contribution in [0.3, 0.4) is 0 Å². The highest BCUT2D eigenvalue weighted by Gasteiger charge is 1.95. The molecule has 68 valence electrons. The minimum atomic E-state index is 0.634. The topological polar surface area (TPSA) is 24.1 Å². The summed E-state index contributed by atoms with van der Waals surface area (Å²) >= 11 is 0. The maximum absolute atomic E-state index is 3.38. The molecule has 2 nitrogen and oxygen atoms in total. The fourth-order valence-corrected chi connectivity index (χ4v) is 0.752. The van der Waals surface area contributed by atoms with Crippen LogP contribution in [0.15, 0.2) is 0 Å². The highest BCUT2D eigenvalue weighted by molar-refractivity contribution is 4.56. The van der Waals surface area contributed by atoms with E-state index in [1.807, 2.05) is 0 Å². The van der Waals surface area contributed by atoms with E-state index in [0.29, 0.717) is 6.04 Å². The molecule has 0 aliphatic carbocycles. The van der Waals surface area contributed by atoms with Gasteiger partial charge in [-0.1, -0.05) is 20.8 Å². The van der Waals surface area contributed by atoms with Crippen LogP contribution in [0.4, 0.5) is 0 Å². The third-order valence-corrected chi connectivity index (χ3v) is 1.74. The first-order valence-electron chi connectivity index (χ1n) is 4.60. The van der Waals surface area contributed by atoms with E-state index in [0.717, 1.165) is 19.1 Å². The van der Waals surface area contributed by atoms with Gasteiger partial charge in [-0.25, -0.2) is 0 Å². The summed E-state index contributed by atoms with van der Waals surface area (Å²) in [5.74, 6) is 0.744. The maximum Gasteiger partial charge on any atom is 0.0456 e. The standard InChI is InChI=1S/C9H22N2/c1-5-9(4)11-7-10-6-8(2)3/h8-11H,5-7H2,1-4H3. The normalized spacial score (nSPS) is 13.9. The Balaban J connectivity index is 3.01. The number of hydrogen-bond acceptors (Lipinski definition) is 2. The third kappa shape index (κ3) is 7.82. The first-order chi connectivity index (χ1) is 5.16. The van der Waals surface area contributed by atoms with Crippen molar-refractivity contribution in [2.75, 3.05) is 13.2 Å². The lowest BCUT2D eigenvalue weighted by atomic mass is 10.2. The minimum absolute atomic E-state index is 0.634. The monoisotopic (exact) mass is 158 g/mol. The van der Waals surface area contributed by atoms with Crippen LogP contribution < -0.4 is 10.6 Å². The summed E-state index contributed by atoms with van der Waals surface area (Å²) in [7, 11) is 0. The van der Waals surface area contributed by atoms with Crippen LogP contribution in [0.25, 0.3) is 0 Å². The minimum Gasteiger partial charge on any atom is -0.304 e. The van der Waals surface area contributed by atoms with Crippen LogP contribution in [-0.2, 0) is 0 Å². The average Bonchev–Trinajstić information content (AvgIpc) is 1.97. The van der Waals surface area contributed by atoms with E-state index >= 15 is 0 Å². The highest BCUT2D eigenvalue weighted by Crippen LogP contribution is 1.87. The van der Waals surface area contributed by atoms with E-state index in [1.165, 1.54) is 6.42 Å². The molecule has 0 aromatic heterocycles. The van der Waals surface area contributed by atoms with Crippen molar-refractivity contribution in [1.29, 1.82) is 0 Å². The Morgan fingerprint density at radius 1 is 1.18 bits per heavy atom. The van der Waals surface area contributed by atoms with Gasteiger partial charge >= 0.3 is 0 Å². The summed E-state index contributed by atoms with van der Waals surface area (Å²) in [6, 6.07) is 0.634. The molecule has 1 atom stereocenters. The lowest BCUT2D eigenvalue weighted by Gasteiger charge is -2.12. The van der Waals surface area contributed by atoms with Crippen molar-refractivity contribution in [2.45, 2.75) is 40.2 Å². The van der Waals surface area contributed by atoms with Crippen molar-refractivity contribution in [1.82, 2.24) is 10.6 Å². The fourth-order valence-electron chi connectivity index (χ4n) is 0.752. The smallest absolute Gasteiger partial charge is 0.0456 e. The van der Waals surface area contributed by atoms with Gasteiger partial charge in [0.1, 0.15) is 0 Å². The number of rotatable bonds is 6. The molecule has 0 aromatic carbocycles. The molecule has 0 rings (SSSR count). The Bertz CT molecular complexity index is 81.6. The molecule has 0 saturated heterocycles. The largest absolute Gasteiger partial charge is 0.304 e. The first kappa shape index (κ1) is 10.9. The van der Waals surface area contributed by atoms with Gasteiger partial charge in [0.2, 0.25) is 0 Å². The van der Waals surface area contributed by atoms with Gasteiger partial charge in [0, 0.05) is 12.7 Å². The molecule has 0 aromatic rings. The van der Waals surface area contributed by atoms with Gasteiger partial charge in [0.25, 0.3) is 0 Å². The molecule has 0 spiro atoms. The quantitative estimate of drug-likeness (QED) is 0.453. The number of hydrogen-bond donors (Lipinski definition) is 2. The molecule has 0 radical (unpaired) electrons. The van der Waals surface area contributed by atoms with Crippen LogP contribution in [0.1, 0.15) is 34.1 Å². The third-order valence-electron chi connectivity index (χ3n) is 1.74. The summed E-state index contributed by atoms with van der Waals surface area (Å²) in [6.45, 7) is 10.9. The molecular formula is C9H22N2. The van der Waals surface area contributed by atoms with Crippen molar-refractivity contribution in [3.8, 4) is 0 Å². The van der Waals surface area contributed by atoms with Crippen molar-refractivity contribution in [2.24, 2.45) is 5.92 Å². The van der Waals surface area contributed by atoms with Gasteiger partial charge in [-0.05, 0) is 25.8 Å². The van der Waals surface area contributed by atoms with Crippen LogP contribution in [0, 0.1) is 5.92 Å². The lowest BCUT2D eigenvalue weighted by Crippen LogP contribution is -2.36. The van der Waals surface area contributed by atoms with E-state index < -0.39 is 0 Å². The van der Waals surface area contributed by atoms with Gasteiger partial charge in [-0.15, -0.1) is 0 Å². The summed E-state index contributed by atoms with van der Waals surface area (Å²) < 4.78 is 0. The molecule has 2 N–H and O–H groups in total. The molecule has 11 heavy (non-hydrogen) atoms. The first-order valence-corrected chi connectivity index (χ1v) is 4.60. The Kier molecular flexibility index (Phi) is 6.57. The van der Waals surface area contributed by atoms with Gasteiger partial charge in [0.15, 0.2) is 0 Å².